The summed E-state index contributed by atoms with van der Waals surface area (Å²) in [5.41, 5.74) is 7.21. The SMILES string of the molecule is CC(c1cc2c(s1)CCOC2CN)C1CCCCC1. The highest BCUT2D eigenvalue weighted by Crippen LogP contribution is 2.42. The van der Waals surface area contributed by atoms with Crippen LogP contribution in [0.2, 0.25) is 0 Å². The summed E-state index contributed by atoms with van der Waals surface area (Å²) in [6.07, 6.45) is 8.35. The quantitative estimate of drug-likeness (QED) is 0.907. The predicted octanol–water partition coefficient (Wildman–Crippen LogP) is 4.00. The van der Waals surface area contributed by atoms with Crippen LogP contribution in [0, 0.1) is 5.92 Å². The van der Waals surface area contributed by atoms with Gasteiger partial charge < -0.3 is 10.5 Å². The molecule has 3 rings (SSSR count). The van der Waals surface area contributed by atoms with Crippen LogP contribution in [0.5, 0.6) is 0 Å². The van der Waals surface area contributed by atoms with Crippen molar-refractivity contribution >= 4 is 11.3 Å². The third-order valence-electron chi connectivity index (χ3n) is 4.88. The molecule has 106 valence electrons. The lowest BCUT2D eigenvalue weighted by molar-refractivity contribution is 0.0498. The molecule has 2 nitrogen and oxygen atoms in total. The molecule has 0 spiro atoms. The fraction of sp³-hybridized carbons (Fsp3) is 0.750. The molecular formula is C16H25NOS. The molecule has 0 aromatic carbocycles. The van der Waals surface area contributed by atoms with E-state index in [4.69, 9.17) is 10.5 Å². The minimum Gasteiger partial charge on any atom is -0.372 e. The second kappa shape index (κ2) is 5.94. The first-order valence-corrected chi connectivity index (χ1v) is 8.55. The van der Waals surface area contributed by atoms with Gasteiger partial charge in [-0.25, -0.2) is 0 Å². The summed E-state index contributed by atoms with van der Waals surface area (Å²) < 4.78 is 5.77. The Balaban J connectivity index is 1.79. The van der Waals surface area contributed by atoms with Gasteiger partial charge in [0.25, 0.3) is 0 Å². The van der Waals surface area contributed by atoms with Gasteiger partial charge in [-0.05, 0) is 36.3 Å². The first-order valence-electron chi connectivity index (χ1n) is 7.73. The van der Waals surface area contributed by atoms with Gasteiger partial charge in [-0.1, -0.05) is 26.2 Å². The van der Waals surface area contributed by atoms with Crippen LogP contribution in [0.25, 0.3) is 0 Å². The van der Waals surface area contributed by atoms with Crippen molar-refractivity contribution in [2.24, 2.45) is 11.7 Å². The van der Waals surface area contributed by atoms with E-state index in [-0.39, 0.29) is 6.10 Å². The largest absolute Gasteiger partial charge is 0.372 e. The minimum atomic E-state index is 0.146. The van der Waals surface area contributed by atoms with Gasteiger partial charge >= 0.3 is 0 Å². The van der Waals surface area contributed by atoms with E-state index in [9.17, 15) is 0 Å². The highest BCUT2D eigenvalue weighted by Gasteiger charge is 2.27. The molecule has 1 aliphatic heterocycles. The predicted molar refractivity (Wildman–Crippen MR) is 80.8 cm³/mol. The van der Waals surface area contributed by atoms with Crippen LogP contribution in [0.1, 0.15) is 66.4 Å². The fourth-order valence-electron chi connectivity index (χ4n) is 3.60. The average molecular weight is 279 g/mol. The van der Waals surface area contributed by atoms with Crippen molar-refractivity contribution in [2.75, 3.05) is 13.2 Å². The van der Waals surface area contributed by atoms with E-state index in [1.807, 2.05) is 11.3 Å². The van der Waals surface area contributed by atoms with Gasteiger partial charge in [0.1, 0.15) is 0 Å². The zero-order valence-corrected chi connectivity index (χ0v) is 12.7. The molecule has 1 aromatic heterocycles. The van der Waals surface area contributed by atoms with E-state index in [1.165, 1.54) is 42.5 Å². The van der Waals surface area contributed by atoms with E-state index < -0.39 is 0 Å². The highest BCUT2D eigenvalue weighted by molar-refractivity contribution is 7.12. The van der Waals surface area contributed by atoms with Crippen LogP contribution in [-0.4, -0.2) is 13.2 Å². The summed E-state index contributed by atoms with van der Waals surface area (Å²) in [5.74, 6) is 1.61. The van der Waals surface area contributed by atoms with Gasteiger partial charge in [0.15, 0.2) is 0 Å². The topological polar surface area (TPSA) is 35.2 Å². The van der Waals surface area contributed by atoms with Crippen LogP contribution in [0.3, 0.4) is 0 Å². The Morgan fingerprint density at radius 2 is 2.16 bits per heavy atom. The molecule has 0 bridgehead atoms. The summed E-state index contributed by atoms with van der Waals surface area (Å²) in [5, 5.41) is 0. The smallest absolute Gasteiger partial charge is 0.0958 e. The standard InChI is InChI=1S/C16H25NOS/c1-11(12-5-3-2-4-6-12)16-9-13-14(10-17)18-8-7-15(13)19-16/h9,11-12,14H,2-8,10,17H2,1H3. The molecule has 1 aliphatic carbocycles. The molecule has 0 amide bonds. The van der Waals surface area contributed by atoms with Crippen molar-refractivity contribution in [3.8, 4) is 0 Å². The molecule has 3 heteroatoms. The van der Waals surface area contributed by atoms with Crippen LogP contribution in [-0.2, 0) is 11.2 Å². The zero-order chi connectivity index (χ0) is 13.2. The van der Waals surface area contributed by atoms with Gasteiger partial charge in [-0.15, -0.1) is 11.3 Å². The summed E-state index contributed by atoms with van der Waals surface area (Å²) in [6, 6.07) is 2.40. The third kappa shape index (κ3) is 2.74. The lowest BCUT2D eigenvalue weighted by Crippen LogP contribution is -2.21. The summed E-state index contributed by atoms with van der Waals surface area (Å²) in [6.45, 7) is 3.87. The molecule has 2 atom stereocenters. The lowest BCUT2D eigenvalue weighted by Gasteiger charge is -2.26. The van der Waals surface area contributed by atoms with E-state index in [2.05, 4.69) is 13.0 Å². The number of ether oxygens (including phenoxy) is 1. The fourth-order valence-corrected chi connectivity index (χ4v) is 4.94. The van der Waals surface area contributed by atoms with Crippen LogP contribution < -0.4 is 5.73 Å². The van der Waals surface area contributed by atoms with Crippen LogP contribution in [0.15, 0.2) is 6.07 Å². The van der Waals surface area contributed by atoms with Crippen molar-refractivity contribution in [1.82, 2.24) is 0 Å². The summed E-state index contributed by atoms with van der Waals surface area (Å²) in [4.78, 5) is 3.10. The first kappa shape index (κ1) is 13.6. The van der Waals surface area contributed by atoms with Crippen LogP contribution in [0.4, 0.5) is 0 Å². The maximum atomic E-state index is 5.83. The van der Waals surface area contributed by atoms with E-state index >= 15 is 0 Å². The molecule has 0 radical (unpaired) electrons. The Labute approximate surface area is 120 Å². The highest BCUT2D eigenvalue weighted by atomic mass is 32.1. The maximum Gasteiger partial charge on any atom is 0.0958 e. The number of hydrogen-bond donors (Lipinski definition) is 1. The molecule has 1 saturated carbocycles. The number of hydrogen-bond acceptors (Lipinski definition) is 3. The van der Waals surface area contributed by atoms with Gasteiger partial charge in [0, 0.05) is 22.7 Å². The van der Waals surface area contributed by atoms with Crippen molar-refractivity contribution in [2.45, 2.75) is 57.5 Å². The minimum absolute atomic E-state index is 0.146. The number of rotatable bonds is 3. The summed E-state index contributed by atoms with van der Waals surface area (Å²) >= 11 is 2.02. The number of thiophene rings is 1. The van der Waals surface area contributed by atoms with Crippen LogP contribution >= 0.6 is 11.3 Å². The van der Waals surface area contributed by atoms with Crippen molar-refractivity contribution in [3.05, 3.63) is 21.4 Å². The molecule has 2 unspecified atom stereocenters. The van der Waals surface area contributed by atoms with E-state index in [0.29, 0.717) is 12.5 Å². The van der Waals surface area contributed by atoms with Crippen molar-refractivity contribution < 1.29 is 4.74 Å². The molecule has 1 aromatic rings. The summed E-state index contributed by atoms with van der Waals surface area (Å²) in [7, 11) is 0. The van der Waals surface area contributed by atoms with E-state index in [1.54, 1.807) is 4.88 Å². The molecule has 1 fully saturated rings. The number of fused-ring (bicyclic) bond motifs is 1. The molecular weight excluding hydrogens is 254 g/mol. The molecule has 2 heterocycles. The Morgan fingerprint density at radius 3 is 2.89 bits per heavy atom. The van der Waals surface area contributed by atoms with E-state index in [0.717, 1.165) is 18.9 Å². The normalized spacial score (nSPS) is 26.1. The second-order valence-electron chi connectivity index (χ2n) is 6.06. The monoisotopic (exact) mass is 279 g/mol. The van der Waals surface area contributed by atoms with Crippen molar-refractivity contribution in [3.63, 3.8) is 0 Å². The Kier molecular flexibility index (Phi) is 4.25. The van der Waals surface area contributed by atoms with Gasteiger partial charge in [0.05, 0.1) is 12.7 Å². The Bertz CT molecular complexity index is 422. The van der Waals surface area contributed by atoms with Gasteiger partial charge in [-0.2, -0.15) is 0 Å². The van der Waals surface area contributed by atoms with Crippen molar-refractivity contribution in [1.29, 1.82) is 0 Å². The van der Waals surface area contributed by atoms with Gasteiger partial charge in [-0.3, -0.25) is 0 Å². The first-order chi connectivity index (χ1) is 9.29. The number of nitrogens with two attached hydrogens (primary N) is 1. The Hall–Kier alpha value is -0.380. The molecule has 0 saturated heterocycles. The molecule has 2 N–H and O–H groups in total. The lowest BCUT2D eigenvalue weighted by atomic mass is 9.80. The Morgan fingerprint density at radius 1 is 1.37 bits per heavy atom. The third-order valence-corrected chi connectivity index (χ3v) is 6.29. The molecule has 2 aliphatic rings. The van der Waals surface area contributed by atoms with Gasteiger partial charge in [0.2, 0.25) is 0 Å². The average Bonchev–Trinajstić information content (AvgIpc) is 2.91. The molecule has 19 heavy (non-hydrogen) atoms. The maximum absolute atomic E-state index is 5.83. The zero-order valence-electron chi connectivity index (χ0n) is 11.9. The second-order valence-corrected chi connectivity index (χ2v) is 7.23.